The van der Waals surface area contributed by atoms with Crippen LogP contribution in [0.15, 0.2) is 29.1 Å². The molecule has 6 heteroatoms. The number of carbonyl (C=O) groups is 1. The molecule has 0 fully saturated rings. The van der Waals surface area contributed by atoms with Crippen LogP contribution in [0.25, 0.3) is 5.69 Å². The molecule has 0 aliphatic heterocycles. The molecule has 2 rings (SSSR count). The van der Waals surface area contributed by atoms with Crippen LogP contribution in [0.1, 0.15) is 16.8 Å². The van der Waals surface area contributed by atoms with Crippen LogP contribution < -0.4 is 5.56 Å². The Kier molecular flexibility index (Phi) is 3.56. The Morgan fingerprint density at radius 3 is 2.60 bits per heavy atom. The van der Waals surface area contributed by atoms with Crippen LogP contribution >= 0.6 is 0 Å². The zero-order valence-corrected chi connectivity index (χ0v) is 11.1. The number of aryl methyl sites for hydroxylation is 2. The molecule has 1 heterocycles. The van der Waals surface area contributed by atoms with Crippen LogP contribution in [-0.2, 0) is 11.2 Å². The third-order valence-corrected chi connectivity index (χ3v) is 2.88. The monoisotopic (exact) mass is 274 g/mol. The first kappa shape index (κ1) is 13.8. The summed E-state index contributed by atoms with van der Waals surface area (Å²) in [6.07, 6.45) is -0.447. The third-order valence-electron chi connectivity index (χ3n) is 2.88. The summed E-state index contributed by atoms with van der Waals surface area (Å²) < 4.78 is 1.10. The van der Waals surface area contributed by atoms with E-state index in [4.69, 9.17) is 5.11 Å². The Balaban J connectivity index is 2.61. The van der Waals surface area contributed by atoms with Gasteiger partial charge in [0.2, 0.25) is 0 Å². The fourth-order valence-corrected chi connectivity index (χ4v) is 1.97. The SMILES string of the molecule is Cc1ccc(-n2nc(CC(=O)O)c(O)cc2=O)c(C)c1. The van der Waals surface area contributed by atoms with E-state index in [-0.39, 0.29) is 5.69 Å². The number of carboxylic acids is 1. The molecule has 0 aliphatic rings. The highest BCUT2D eigenvalue weighted by molar-refractivity contribution is 5.70. The van der Waals surface area contributed by atoms with Crippen molar-refractivity contribution in [3.63, 3.8) is 0 Å². The van der Waals surface area contributed by atoms with Crippen LogP contribution in [0.3, 0.4) is 0 Å². The number of hydrogen-bond donors (Lipinski definition) is 2. The van der Waals surface area contributed by atoms with Gasteiger partial charge >= 0.3 is 5.97 Å². The second-order valence-electron chi connectivity index (χ2n) is 4.59. The molecule has 0 bridgehead atoms. The summed E-state index contributed by atoms with van der Waals surface area (Å²) >= 11 is 0. The number of aliphatic carboxylic acids is 1. The third kappa shape index (κ3) is 2.69. The van der Waals surface area contributed by atoms with E-state index in [1.54, 1.807) is 6.07 Å². The summed E-state index contributed by atoms with van der Waals surface area (Å²) in [6, 6.07) is 6.44. The quantitative estimate of drug-likeness (QED) is 0.876. The minimum atomic E-state index is -1.13. The van der Waals surface area contributed by atoms with Gasteiger partial charge in [-0.15, -0.1) is 0 Å². The first-order chi connectivity index (χ1) is 9.38. The van der Waals surface area contributed by atoms with E-state index in [9.17, 15) is 14.7 Å². The smallest absolute Gasteiger partial charge is 0.309 e. The van der Waals surface area contributed by atoms with Gasteiger partial charge in [0.1, 0.15) is 11.4 Å². The van der Waals surface area contributed by atoms with Crippen LogP contribution in [0.4, 0.5) is 0 Å². The van der Waals surface area contributed by atoms with E-state index < -0.39 is 23.7 Å². The molecule has 2 N–H and O–H groups in total. The number of hydrogen-bond acceptors (Lipinski definition) is 4. The van der Waals surface area contributed by atoms with Gasteiger partial charge in [-0.1, -0.05) is 17.7 Å². The van der Waals surface area contributed by atoms with Crippen molar-refractivity contribution in [1.82, 2.24) is 9.78 Å². The van der Waals surface area contributed by atoms with Crippen LogP contribution in [0, 0.1) is 13.8 Å². The molecule has 0 saturated heterocycles. The molecule has 0 spiro atoms. The highest BCUT2D eigenvalue weighted by Gasteiger charge is 2.13. The van der Waals surface area contributed by atoms with E-state index in [0.717, 1.165) is 21.9 Å². The van der Waals surface area contributed by atoms with E-state index in [1.807, 2.05) is 26.0 Å². The van der Waals surface area contributed by atoms with Gasteiger partial charge in [-0.05, 0) is 25.5 Å². The van der Waals surface area contributed by atoms with Gasteiger partial charge in [-0.25, -0.2) is 0 Å². The van der Waals surface area contributed by atoms with Gasteiger partial charge in [-0.2, -0.15) is 9.78 Å². The lowest BCUT2D eigenvalue weighted by atomic mass is 10.1. The van der Waals surface area contributed by atoms with Gasteiger partial charge in [0.05, 0.1) is 12.1 Å². The van der Waals surface area contributed by atoms with Crippen LogP contribution in [0.2, 0.25) is 0 Å². The molecule has 0 atom stereocenters. The molecule has 0 unspecified atom stereocenters. The van der Waals surface area contributed by atoms with Crippen molar-refractivity contribution in [3.05, 3.63) is 51.4 Å². The number of nitrogens with zero attached hydrogens (tertiary/aromatic N) is 2. The van der Waals surface area contributed by atoms with Gasteiger partial charge in [0.25, 0.3) is 5.56 Å². The molecule has 1 aromatic heterocycles. The lowest BCUT2D eigenvalue weighted by Gasteiger charge is -2.10. The Morgan fingerprint density at radius 1 is 1.30 bits per heavy atom. The number of carboxylic acid groups (broad SMARTS) is 1. The molecular formula is C14H14N2O4. The Hall–Kier alpha value is -2.63. The molecule has 6 nitrogen and oxygen atoms in total. The van der Waals surface area contributed by atoms with Crippen LogP contribution in [0.5, 0.6) is 5.75 Å². The highest BCUT2D eigenvalue weighted by atomic mass is 16.4. The number of aromatic hydroxyl groups is 1. The van der Waals surface area contributed by atoms with Crippen molar-refractivity contribution in [1.29, 1.82) is 0 Å². The Bertz CT molecular complexity index is 734. The van der Waals surface area contributed by atoms with E-state index in [1.165, 1.54) is 0 Å². The van der Waals surface area contributed by atoms with Crippen molar-refractivity contribution in [3.8, 4) is 11.4 Å². The predicted octanol–water partition coefficient (Wildman–Crippen LogP) is 1.18. The maximum Gasteiger partial charge on any atom is 0.309 e. The minimum absolute atomic E-state index is 0.0444. The van der Waals surface area contributed by atoms with Crippen molar-refractivity contribution >= 4 is 5.97 Å². The fraction of sp³-hybridized carbons (Fsp3) is 0.214. The highest BCUT2D eigenvalue weighted by Crippen LogP contribution is 2.16. The van der Waals surface area contributed by atoms with Crippen molar-refractivity contribution in [2.75, 3.05) is 0 Å². The first-order valence-corrected chi connectivity index (χ1v) is 6.00. The molecule has 0 aliphatic carbocycles. The maximum absolute atomic E-state index is 11.9. The Labute approximate surface area is 114 Å². The number of rotatable bonds is 3. The molecule has 0 amide bonds. The summed E-state index contributed by atoms with van der Waals surface area (Å²) in [5.41, 5.74) is 1.89. The topological polar surface area (TPSA) is 92.4 Å². The lowest BCUT2D eigenvalue weighted by molar-refractivity contribution is -0.136. The molecule has 0 radical (unpaired) electrons. The van der Waals surface area contributed by atoms with Crippen LogP contribution in [-0.4, -0.2) is 26.0 Å². The largest absolute Gasteiger partial charge is 0.506 e. The van der Waals surface area contributed by atoms with Crippen molar-refractivity contribution < 1.29 is 15.0 Å². The normalized spacial score (nSPS) is 10.5. The molecule has 104 valence electrons. The van der Waals surface area contributed by atoms with E-state index in [0.29, 0.717) is 5.69 Å². The fourth-order valence-electron chi connectivity index (χ4n) is 1.97. The maximum atomic E-state index is 11.9. The van der Waals surface area contributed by atoms with Crippen molar-refractivity contribution in [2.45, 2.75) is 20.3 Å². The predicted molar refractivity (Wildman–Crippen MR) is 72.3 cm³/mol. The lowest BCUT2D eigenvalue weighted by Crippen LogP contribution is -2.23. The molecule has 20 heavy (non-hydrogen) atoms. The molecular weight excluding hydrogens is 260 g/mol. The summed E-state index contributed by atoms with van der Waals surface area (Å²) in [4.78, 5) is 22.6. The van der Waals surface area contributed by atoms with Gasteiger partial charge in [0.15, 0.2) is 0 Å². The number of benzene rings is 1. The number of aromatic nitrogens is 2. The standard InChI is InChI=1S/C14H14N2O4/c1-8-3-4-11(9(2)5-8)16-13(18)7-12(17)10(15-16)6-14(19)20/h3-5,7,17H,6H2,1-2H3,(H,19,20). The van der Waals surface area contributed by atoms with E-state index in [2.05, 4.69) is 5.10 Å². The van der Waals surface area contributed by atoms with Gasteiger partial charge in [0, 0.05) is 6.07 Å². The van der Waals surface area contributed by atoms with Gasteiger partial charge in [-0.3, -0.25) is 9.59 Å². The molecule has 0 saturated carbocycles. The zero-order valence-electron chi connectivity index (χ0n) is 11.1. The summed E-state index contributed by atoms with van der Waals surface area (Å²) in [5.74, 6) is -1.53. The second kappa shape index (κ2) is 5.16. The van der Waals surface area contributed by atoms with Gasteiger partial charge < -0.3 is 10.2 Å². The Morgan fingerprint density at radius 2 is 2.00 bits per heavy atom. The summed E-state index contributed by atoms with van der Waals surface area (Å²) in [7, 11) is 0. The zero-order chi connectivity index (χ0) is 14.9. The van der Waals surface area contributed by atoms with E-state index >= 15 is 0 Å². The summed E-state index contributed by atoms with van der Waals surface area (Å²) in [5, 5.41) is 22.3. The molecule has 1 aromatic carbocycles. The summed E-state index contributed by atoms with van der Waals surface area (Å²) in [6.45, 7) is 3.76. The second-order valence-corrected chi connectivity index (χ2v) is 4.59. The van der Waals surface area contributed by atoms with Crippen molar-refractivity contribution in [2.24, 2.45) is 0 Å². The first-order valence-electron chi connectivity index (χ1n) is 6.00. The minimum Gasteiger partial charge on any atom is -0.506 e. The average Bonchev–Trinajstić information content (AvgIpc) is 2.33. The average molecular weight is 274 g/mol. The molecule has 2 aromatic rings.